The maximum absolute atomic E-state index is 13.7. The van der Waals surface area contributed by atoms with Crippen LogP contribution in [0.2, 0.25) is 0 Å². The monoisotopic (exact) mass is 748 g/mol. The predicted molar refractivity (Wildman–Crippen MR) is 195 cm³/mol. The molecule has 3 atom stereocenters. The van der Waals surface area contributed by atoms with Crippen LogP contribution in [0.4, 0.5) is 9.93 Å². The van der Waals surface area contributed by atoms with Gasteiger partial charge >= 0.3 is 12.1 Å². The van der Waals surface area contributed by atoms with E-state index < -0.39 is 47.7 Å². The molecule has 0 bridgehead atoms. The number of esters is 1. The highest BCUT2D eigenvalue weighted by atomic mass is 32.1. The highest BCUT2D eigenvalue weighted by Crippen LogP contribution is 2.20. The summed E-state index contributed by atoms with van der Waals surface area (Å²) in [5.41, 5.74) is 5.30. The first-order chi connectivity index (χ1) is 24.7. The number of unbranched alkanes of at least 4 members (excludes halogenated alkanes) is 2. The van der Waals surface area contributed by atoms with E-state index in [2.05, 4.69) is 41.9 Å². The van der Waals surface area contributed by atoms with Crippen LogP contribution >= 0.6 is 11.3 Å². The summed E-state index contributed by atoms with van der Waals surface area (Å²) in [5.74, 6) is -1.55. The van der Waals surface area contributed by atoms with Gasteiger partial charge < -0.3 is 34.7 Å². The molecule has 0 saturated carbocycles. The fourth-order valence-corrected chi connectivity index (χ4v) is 5.22. The molecule has 0 aliphatic carbocycles. The van der Waals surface area contributed by atoms with Gasteiger partial charge in [-0.2, -0.15) is 0 Å². The Morgan fingerprint density at radius 2 is 1.81 bits per heavy atom. The van der Waals surface area contributed by atoms with Crippen molar-refractivity contribution in [1.82, 2.24) is 31.5 Å². The number of pyridine rings is 1. The Kier molecular flexibility index (Phi) is 16.5. The summed E-state index contributed by atoms with van der Waals surface area (Å²) < 4.78 is 16.1. The van der Waals surface area contributed by atoms with Gasteiger partial charge in [-0.3, -0.25) is 30.6 Å². The van der Waals surface area contributed by atoms with E-state index in [1.54, 1.807) is 20.8 Å². The Morgan fingerprint density at radius 1 is 1.08 bits per heavy atom. The van der Waals surface area contributed by atoms with Gasteiger partial charge in [0, 0.05) is 36.3 Å². The minimum absolute atomic E-state index is 0.0306. The van der Waals surface area contributed by atoms with Gasteiger partial charge in [-0.1, -0.05) is 45.7 Å². The number of ether oxygens (including phenoxy) is 3. The number of thiazole rings is 1. The Bertz CT molecular complexity index is 1590. The van der Waals surface area contributed by atoms with Crippen LogP contribution in [0.1, 0.15) is 92.0 Å². The first-order valence-corrected chi connectivity index (χ1v) is 18.4. The van der Waals surface area contributed by atoms with Crippen molar-refractivity contribution < 1.29 is 38.2 Å². The molecule has 2 aromatic rings. The van der Waals surface area contributed by atoms with Crippen molar-refractivity contribution in [2.45, 2.75) is 111 Å². The number of carbonyl (C=O) groups is 4. The second kappa shape index (κ2) is 20.5. The number of nitrogens with one attached hydrogen (secondary N) is 6. The highest BCUT2D eigenvalue weighted by molar-refractivity contribution is 7.14. The van der Waals surface area contributed by atoms with E-state index in [4.69, 9.17) is 19.0 Å². The van der Waals surface area contributed by atoms with E-state index in [9.17, 15) is 24.0 Å². The number of hydrogen-bond donors (Lipinski definition) is 6. The molecule has 0 spiro atoms. The van der Waals surface area contributed by atoms with Gasteiger partial charge in [0.1, 0.15) is 17.3 Å². The number of H-pyrrole nitrogens is 1. The summed E-state index contributed by atoms with van der Waals surface area (Å²) in [5, 5.41) is 13.6. The molecule has 1 fully saturated rings. The van der Waals surface area contributed by atoms with Crippen molar-refractivity contribution in [2.75, 3.05) is 25.1 Å². The number of hydrogen-bond acceptors (Lipinski definition) is 14. The maximum Gasteiger partial charge on any atom is 0.413 e. The average Bonchev–Trinajstić information content (AvgIpc) is 3.52. The number of aromatic amines is 1. The normalized spacial score (nSPS) is 16.4. The number of carbonyl (C=O) groups excluding carboxylic acids is 4. The summed E-state index contributed by atoms with van der Waals surface area (Å²) >= 11 is 1.01. The van der Waals surface area contributed by atoms with Crippen LogP contribution in [0.5, 0.6) is 5.75 Å². The molecule has 3 heterocycles. The predicted octanol–water partition coefficient (Wildman–Crippen LogP) is 3.11. The molecular weight excluding hydrogens is 696 g/mol. The first kappa shape index (κ1) is 41.9. The maximum atomic E-state index is 13.7. The van der Waals surface area contributed by atoms with E-state index in [0.29, 0.717) is 18.7 Å². The highest BCUT2D eigenvalue weighted by Gasteiger charge is 2.41. The van der Waals surface area contributed by atoms with Crippen molar-refractivity contribution in [3.8, 4) is 5.75 Å². The summed E-state index contributed by atoms with van der Waals surface area (Å²) in [6.45, 7) is 14.1. The Hall–Kier alpha value is -4.55. The number of oxime groups is 1. The average molecular weight is 749 g/mol. The molecule has 18 heteroatoms. The molecule has 6 N–H and O–H groups in total. The van der Waals surface area contributed by atoms with Gasteiger partial charge in [0.2, 0.25) is 17.4 Å². The van der Waals surface area contributed by atoms with E-state index in [1.807, 2.05) is 27.7 Å². The van der Waals surface area contributed by atoms with Crippen LogP contribution < -0.4 is 37.0 Å². The molecule has 3 amide bonds. The zero-order valence-corrected chi connectivity index (χ0v) is 31.7. The summed E-state index contributed by atoms with van der Waals surface area (Å²) in [6, 6.07) is -0.0206. The molecule has 52 heavy (non-hydrogen) atoms. The summed E-state index contributed by atoms with van der Waals surface area (Å²) in [4.78, 5) is 76.7. The Balaban J connectivity index is 1.70. The fourth-order valence-electron chi connectivity index (χ4n) is 4.54. The molecule has 0 radical (unpaired) electrons. The van der Waals surface area contributed by atoms with Crippen molar-refractivity contribution >= 4 is 46.1 Å². The largest absolute Gasteiger partial charge is 0.488 e. The Morgan fingerprint density at radius 3 is 2.46 bits per heavy atom. The van der Waals surface area contributed by atoms with Crippen molar-refractivity contribution in [3.63, 3.8) is 0 Å². The molecule has 0 aromatic carbocycles. The second-order valence-corrected chi connectivity index (χ2v) is 14.4. The lowest BCUT2D eigenvalue weighted by Crippen LogP contribution is -2.72. The van der Waals surface area contributed by atoms with Gasteiger partial charge in [0.05, 0.1) is 25.8 Å². The number of aromatic nitrogens is 2. The third-order valence-corrected chi connectivity index (χ3v) is 8.01. The van der Waals surface area contributed by atoms with Crippen molar-refractivity contribution in [1.29, 1.82) is 0 Å². The minimum atomic E-state index is -1.10. The SMILES string of the molecule is CCCCOC(=O)[C@H](CC(C)C)O/N=C(\C(=O)N[C@@H]1C(=O)N[C@@H]1CNNCc1cc(=O)c(OCCCC)c[nH]1)c1csc(NC(=O)OC(C)(C)C)n1. The van der Waals surface area contributed by atoms with E-state index in [0.717, 1.165) is 30.6 Å². The zero-order valence-electron chi connectivity index (χ0n) is 30.9. The lowest BCUT2D eigenvalue weighted by Gasteiger charge is -2.37. The van der Waals surface area contributed by atoms with Gasteiger partial charge in [0.25, 0.3) is 5.91 Å². The number of hydrazine groups is 1. The number of amides is 3. The third kappa shape index (κ3) is 13.9. The standard InChI is InChI=1S/C34H52N8O9S/c1-8-10-12-48-26-18-35-21(15-24(26)43)16-36-37-17-22-27(29(44)38-22)40-30(45)28(23-19-52-32(39-23)41-33(47)50-34(5,6)7)42-51-25(14-20(3)4)31(46)49-13-11-9-2/h15,18-20,22,25,27,36-37H,8-14,16-17H2,1-7H3,(H,35,43)(H,38,44)(H,40,45)(H,39,41,47)/b42-28-/t22-,25+,27+/m1/s1. The lowest BCUT2D eigenvalue weighted by atomic mass is 9.98. The van der Waals surface area contributed by atoms with Crippen LogP contribution in [0.15, 0.2) is 27.6 Å². The van der Waals surface area contributed by atoms with Crippen LogP contribution in [-0.2, 0) is 35.2 Å². The molecule has 288 valence electrons. The van der Waals surface area contributed by atoms with Crippen molar-refractivity contribution in [2.24, 2.45) is 11.1 Å². The molecule has 17 nitrogen and oxygen atoms in total. The molecule has 0 unspecified atom stereocenters. The number of β-lactam (4-membered cyclic amide) rings is 1. The summed E-state index contributed by atoms with van der Waals surface area (Å²) in [7, 11) is 0. The van der Waals surface area contributed by atoms with E-state index >= 15 is 0 Å². The molecule has 1 saturated heterocycles. The lowest BCUT2D eigenvalue weighted by molar-refractivity contribution is -0.158. The zero-order chi connectivity index (χ0) is 38.3. The van der Waals surface area contributed by atoms with Crippen molar-refractivity contribution in [3.05, 3.63) is 39.3 Å². The quantitative estimate of drug-likeness (QED) is 0.0356. The molecule has 3 rings (SSSR count). The smallest absolute Gasteiger partial charge is 0.413 e. The number of rotatable bonds is 21. The number of nitrogens with zero attached hydrogens (tertiary/aromatic N) is 2. The summed E-state index contributed by atoms with van der Waals surface area (Å²) in [6.07, 6.45) is 3.26. The van der Waals surface area contributed by atoms with Crippen LogP contribution in [0.25, 0.3) is 0 Å². The molecule has 2 aromatic heterocycles. The third-order valence-electron chi connectivity index (χ3n) is 7.25. The van der Waals surface area contributed by atoms with Crippen LogP contribution in [0.3, 0.4) is 0 Å². The first-order valence-electron chi connectivity index (χ1n) is 17.5. The van der Waals surface area contributed by atoms with Crippen LogP contribution in [0, 0.1) is 5.92 Å². The van der Waals surface area contributed by atoms with Gasteiger partial charge in [-0.25, -0.2) is 14.6 Å². The minimum Gasteiger partial charge on any atom is -0.488 e. The van der Waals surface area contributed by atoms with E-state index in [1.165, 1.54) is 17.6 Å². The fraction of sp³-hybridized carbons (Fsp3) is 0.618. The number of anilines is 1. The van der Waals surface area contributed by atoms with Crippen LogP contribution in [-0.4, -0.2) is 83.1 Å². The van der Waals surface area contributed by atoms with Gasteiger partial charge in [0.15, 0.2) is 16.6 Å². The van der Waals surface area contributed by atoms with Gasteiger partial charge in [-0.15, -0.1) is 11.3 Å². The van der Waals surface area contributed by atoms with Gasteiger partial charge in [-0.05, 0) is 39.5 Å². The Labute approximate surface area is 307 Å². The topological polar surface area (TPSA) is 223 Å². The molecule has 1 aliphatic rings. The molecular formula is C34H52N8O9S. The molecule has 1 aliphatic heterocycles. The van der Waals surface area contributed by atoms with E-state index in [-0.39, 0.29) is 59.8 Å². The second-order valence-electron chi connectivity index (χ2n) is 13.5.